The van der Waals surface area contributed by atoms with Gasteiger partial charge in [0.1, 0.15) is 5.54 Å². The van der Waals surface area contributed by atoms with Crippen molar-refractivity contribution >= 4 is 34.8 Å². The van der Waals surface area contributed by atoms with Crippen LogP contribution in [0.2, 0.25) is 0 Å². The van der Waals surface area contributed by atoms with E-state index in [-0.39, 0.29) is 18.3 Å². The van der Waals surface area contributed by atoms with Gasteiger partial charge >= 0.3 is 0 Å². The molecule has 1 fully saturated rings. The Labute approximate surface area is 141 Å². The smallest absolute Gasteiger partial charge is 0.246 e. The van der Waals surface area contributed by atoms with Gasteiger partial charge in [0, 0.05) is 18.1 Å². The third-order valence-electron chi connectivity index (χ3n) is 4.68. The van der Waals surface area contributed by atoms with E-state index < -0.39 is 5.54 Å². The predicted molar refractivity (Wildman–Crippen MR) is 90.8 cm³/mol. The number of ether oxygens (including phenoxy) is 1. The summed E-state index contributed by atoms with van der Waals surface area (Å²) in [6.45, 7) is 3.34. The third kappa shape index (κ3) is 3.62. The Bertz CT molecular complexity index is 529. The van der Waals surface area contributed by atoms with Crippen molar-refractivity contribution in [2.45, 2.75) is 51.0 Å². The Balaban J connectivity index is 0.00000176. The minimum absolute atomic E-state index is 0. The predicted octanol–water partition coefficient (Wildman–Crippen LogP) is 2.53. The molecular formula is C15H24ClN3O2S. The van der Waals surface area contributed by atoms with E-state index in [1.165, 1.54) is 17.7 Å². The molecule has 3 rings (SSSR count). The molecule has 0 aromatic carbocycles. The van der Waals surface area contributed by atoms with E-state index in [0.717, 1.165) is 24.5 Å². The molecule has 5 nitrogen and oxygen atoms in total. The molecule has 1 unspecified atom stereocenters. The lowest BCUT2D eigenvalue weighted by molar-refractivity contribution is -0.124. The highest BCUT2D eigenvalue weighted by atomic mass is 35.5. The summed E-state index contributed by atoms with van der Waals surface area (Å²) < 4.78 is 5.28. The minimum atomic E-state index is -0.809. The van der Waals surface area contributed by atoms with Crippen molar-refractivity contribution in [3.63, 3.8) is 0 Å². The molecule has 0 radical (unpaired) electrons. The molecule has 0 bridgehead atoms. The molecule has 22 heavy (non-hydrogen) atoms. The van der Waals surface area contributed by atoms with Crippen LogP contribution in [0.4, 0.5) is 5.13 Å². The van der Waals surface area contributed by atoms with Crippen LogP contribution in [0, 0.1) is 5.92 Å². The van der Waals surface area contributed by atoms with Crippen LogP contribution in [0.25, 0.3) is 0 Å². The van der Waals surface area contributed by atoms with E-state index in [1.807, 2.05) is 0 Å². The van der Waals surface area contributed by atoms with Gasteiger partial charge in [0.15, 0.2) is 5.13 Å². The number of nitrogens with zero attached hydrogens (tertiary/aromatic N) is 1. The molecule has 2 heterocycles. The number of halogens is 1. The summed E-state index contributed by atoms with van der Waals surface area (Å²) in [7, 11) is 0. The van der Waals surface area contributed by atoms with Crippen molar-refractivity contribution in [2.75, 3.05) is 18.5 Å². The van der Waals surface area contributed by atoms with Gasteiger partial charge in [-0.2, -0.15) is 0 Å². The standard InChI is InChI=1S/C15H23N3O2S.ClH/c1-2-10-3-4-11-12(9-10)21-14(17-11)18-13(19)15(16)5-7-20-8-6-15;/h10H,2-9,16H2,1H3,(H,17,18,19);1H. The Morgan fingerprint density at radius 3 is 2.91 bits per heavy atom. The maximum absolute atomic E-state index is 12.4. The van der Waals surface area contributed by atoms with Crippen LogP contribution in [-0.4, -0.2) is 29.6 Å². The van der Waals surface area contributed by atoms with Crippen LogP contribution in [0.3, 0.4) is 0 Å². The summed E-state index contributed by atoms with van der Waals surface area (Å²) in [4.78, 5) is 18.3. The summed E-state index contributed by atoms with van der Waals surface area (Å²) in [5.41, 5.74) is 6.56. The number of carbonyl (C=O) groups is 1. The molecule has 2 aliphatic rings. The number of aryl methyl sites for hydroxylation is 1. The van der Waals surface area contributed by atoms with Gasteiger partial charge in [-0.1, -0.05) is 13.3 Å². The lowest BCUT2D eigenvalue weighted by atomic mass is 9.89. The van der Waals surface area contributed by atoms with Gasteiger partial charge < -0.3 is 15.8 Å². The van der Waals surface area contributed by atoms with Gasteiger partial charge in [-0.25, -0.2) is 4.98 Å². The van der Waals surface area contributed by atoms with E-state index in [1.54, 1.807) is 11.3 Å². The first kappa shape index (κ1) is 17.7. The van der Waals surface area contributed by atoms with Crippen LogP contribution >= 0.6 is 23.7 Å². The van der Waals surface area contributed by atoms with E-state index in [9.17, 15) is 4.79 Å². The average molecular weight is 346 g/mol. The normalized spacial score (nSPS) is 23.3. The fourth-order valence-electron chi connectivity index (χ4n) is 3.03. The van der Waals surface area contributed by atoms with Crippen molar-refractivity contribution in [2.24, 2.45) is 11.7 Å². The maximum Gasteiger partial charge on any atom is 0.246 e. The SMILES string of the molecule is CCC1CCc2nc(NC(=O)C3(N)CCOCC3)sc2C1.Cl. The van der Waals surface area contributed by atoms with Crippen LogP contribution in [0.15, 0.2) is 0 Å². The number of thiazole rings is 1. The van der Waals surface area contributed by atoms with Crippen molar-refractivity contribution in [3.05, 3.63) is 10.6 Å². The number of aromatic nitrogens is 1. The zero-order valence-corrected chi connectivity index (χ0v) is 14.5. The van der Waals surface area contributed by atoms with Crippen molar-refractivity contribution in [1.29, 1.82) is 0 Å². The molecular weight excluding hydrogens is 322 g/mol. The molecule has 124 valence electrons. The Hall–Kier alpha value is -0.690. The largest absolute Gasteiger partial charge is 0.381 e. The monoisotopic (exact) mass is 345 g/mol. The summed E-state index contributed by atoms with van der Waals surface area (Å²) in [6.07, 6.45) is 5.69. The number of nitrogens with one attached hydrogen (secondary N) is 1. The second-order valence-electron chi connectivity index (χ2n) is 6.13. The number of rotatable bonds is 3. The molecule has 7 heteroatoms. The maximum atomic E-state index is 12.4. The van der Waals surface area contributed by atoms with E-state index in [4.69, 9.17) is 10.5 Å². The zero-order chi connectivity index (χ0) is 14.9. The molecule has 1 aromatic rings. The summed E-state index contributed by atoms with van der Waals surface area (Å²) in [5.74, 6) is 0.641. The topological polar surface area (TPSA) is 77.2 Å². The Morgan fingerprint density at radius 2 is 2.23 bits per heavy atom. The molecule has 0 saturated carbocycles. The van der Waals surface area contributed by atoms with E-state index in [0.29, 0.717) is 31.2 Å². The van der Waals surface area contributed by atoms with Crippen molar-refractivity contribution in [1.82, 2.24) is 4.98 Å². The number of nitrogens with two attached hydrogens (primary N) is 1. The van der Waals surface area contributed by atoms with Crippen molar-refractivity contribution < 1.29 is 9.53 Å². The molecule has 1 aromatic heterocycles. The number of anilines is 1. The molecule has 3 N–H and O–H groups in total. The molecule has 1 saturated heterocycles. The molecule has 1 atom stereocenters. The number of carbonyl (C=O) groups excluding carboxylic acids is 1. The first-order chi connectivity index (χ1) is 10.1. The van der Waals surface area contributed by atoms with Gasteiger partial charge in [0.25, 0.3) is 0 Å². The summed E-state index contributed by atoms with van der Waals surface area (Å²) in [6, 6.07) is 0. The van der Waals surface area contributed by atoms with Gasteiger partial charge in [0.05, 0.1) is 5.69 Å². The quantitative estimate of drug-likeness (QED) is 0.882. The van der Waals surface area contributed by atoms with Gasteiger partial charge in [-0.05, 0) is 38.0 Å². The molecule has 1 amide bonds. The van der Waals surface area contributed by atoms with Crippen LogP contribution in [0.5, 0.6) is 0 Å². The van der Waals surface area contributed by atoms with Crippen LogP contribution < -0.4 is 11.1 Å². The third-order valence-corrected chi connectivity index (χ3v) is 5.71. The first-order valence-electron chi connectivity index (χ1n) is 7.77. The highest BCUT2D eigenvalue weighted by Gasteiger charge is 2.36. The molecule has 0 spiro atoms. The highest BCUT2D eigenvalue weighted by Crippen LogP contribution is 2.34. The second kappa shape index (κ2) is 7.25. The van der Waals surface area contributed by atoms with Gasteiger partial charge in [-0.3, -0.25) is 4.79 Å². The van der Waals surface area contributed by atoms with Crippen molar-refractivity contribution in [3.8, 4) is 0 Å². The lowest BCUT2D eigenvalue weighted by Gasteiger charge is -2.31. The fourth-order valence-corrected chi connectivity index (χ4v) is 4.15. The lowest BCUT2D eigenvalue weighted by Crippen LogP contribution is -2.54. The minimum Gasteiger partial charge on any atom is -0.381 e. The average Bonchev–Trinajstić information content (AvgIpc) is 2.89. The zero-order valence-electron chi connectivity index (χ0n) is 12.9. The van der Waals surface area contributed by atoms with Gasteiger partial charge in [-0.15, -0.1) is 23.7 Å². The number of fused-ring (bicyclic) bond motifs is 1. The van der Waals surface area contributed by atoms with E-state index in [2.05, 4.69) is 17.2 Å². The second-order valence-corrected chi connectivity index (χ2v) is 7.21. The Kier molecular flexibility index (Phi) is 5.82. The van der Waals surface area contributed by atoms with E-state index >= 15 is 0 Å². The fraction of sp³-hybridized carbons (Fsp3) is 0.733. The number of amides is 1. The summed E-state index contributed by atoms with van der Waals surface area (Å²) in [5, 5.41) is 3.64. The van der Waals surface area contributed by atoms with Gasteiger partial charge in [0.2, 0.25) is 5.91 Å². The highest BCUT2D eigenvalue weighted by molar-refractivity contribution is 7.15. The van der Waals surface area contributed by atoms with Crippen LogP contribution in [-0.2, 0) is 22.4 Å². The van der Waals surface area contributed by atoms with Crippen LogP contribution in [0.1, 0.15) is 43.2 Å². The number of hydrogen-bond acceptors (Lipinski definition) is 5. The number of hydrogen-bond donors (Lipinski definition) is 2. The molecule has 1 aliphatic heterocycles. The summed E-state index contributed by atoms with van der Waals surface area (Å²) >= 11 is 1.62. The Morgan fingerprint density at radius 1 is 1.50 bits per heavy atom. The first-order valence-corrected chi connectivity index (χ1v) is 8.59. The molecule has 1 aliphatic carbocycles.